The van der Waals surface area contributed by atoms with Crippen LogP contribution in [0.4, 0.5) is 13.2 Å². The molecule has 2 aliphatic carbocycles. The standard InChI is InChI=1S/C21H28F3N3O2.HI/c1-25-19(27-17-16-7-10-29-18(16)20(17)8-2-9-20)26-11-14-3-5-15(6-4-14)12-28-13-21(22,23)24;/h3-6,16-18H,2,7-13H2,1H3,(H2,25,26,27);1H. The number of hydrogen-bond acceptors (Lipinski definition) is 3. The number of halogens is 4. The van der Waals surface area contributed by atoms with E-state index < -0.39 is 12.8 Å². The van der Waals surface area contributed by atoms with Crippen LogP contribution < -0.4 is 10.6 Å². The van der Waals surface area contributed by atoms with Gasteiger partial charge >= 0.3 is 6.18 Å². The Bertz CT molecular complexity index is 738. The molecule has 0 amide bonds. The monoisotopic (exact) mass is 539 g/mol. The van der Waals surface area contributed by atoms with E-state index >= 15 is 0 Å². The zero-order valence-corrected chi connectivity index (χ0v) is 19.3. The number of guanidine groups is 1. The summed E-state index contributed by atoms with van der Waals surface area (Å²) in [5.41, 5.74) is 2.03. The van der Waals surface area contributed by atoms with Gasteiger partial charge in [0.05, 0.1) is 12.7 Å². The largest absolute Gasteiger partial charge is 0.411 e. The van der Waals surface area contributed by atoms with Crippen molar-refractivity contribution in [2.45, 2.75) is 57.2 Å². The number of rotatable bonds is 6. The maximum absolute atomic E-state index is 12.1. The first-order valence-electron chi connectivity index (χ1n) is 10.2. The van der Waals surface area contributed by atoms with E-state index in [2.05, 4.69) is 15.6 Å². The van der Waals surface area contributed by atoms with Gasteiger partial charge in [0.1, 0.15) is 6.61 Å². The van der Waals surface area contributed by atoms with Crippen molar-refractivity contribution >= 4 is 29.9 Å². The highest BCUT2D eigenvalue weighted by Crippen LogP contribution is 2.62. The number of hydrogen-bond donors (Lipinski definition) is 2. The Labute approximate surface area is 192 Å². The molecule has 1 heterocycles. The second kappa shape index (κ2) is 9.60. The molecule has 30 heavy (non-hydrogen) atoms. The quantitative estimate of drug-likeness (QED) is 0.326. The molecule has 1 saturated heterocycles. The van der Waals surface area contributed by atoms with Crippen LogP contribution in [0.2, 0.25) is 0 Å². The number of alkyl halides is 3. The fraction of sp³-hybridized carbons (Fsp3) is 0.667. The van der Waals surface area contributed by atoms with Gasteiger partial charge in [0.2, 0.25) is 0 Å². The summed E-state index contributed by atoms with van der Waals surface area (Å²) in [7, 11) is 1.77. The first-order valence-corrected chi connectivity index (χ1v) is 10.2. The molecule has 0 radical (unpaired) electrons. The van der Waals surface area contributed by atoms with E-state index in [1.54, 1.807) is 19.2 Å². The summed E-state index contributed by atoms with van der Waals surface area (Å²) in [5, 5.41) is 6.97. The van der Waals surface area contributed by atoms with Crippen molar-refractivity contribution in [2.75, 3.05) is 20.3 Å². The molecule has 1 spiro atoms. The summed E-state index contributed by atoms with van der Waals surface area (Å²) in [4.78, 5) is 4.37. The Balaban J connectivity index is 0.00000256. The van der Waals surface area contributed by atoms with Crippen molar-refractivity contribution in [2.24, 2.45) is 16.3 Å². The Hall–Kier alpha value is -1.07. The van der Waals surface area contributed by atoms with Crippen LogP contribution in [0.5, 0.6) is 0 Å². The topological polar surface area (TPSA) is 54.9 Å². The number of ether oxygens (including phenoxy) is 2. The molecule has 3 unspecified atom stereocenters. The predicted octanol–water partition coefficient (Wildman–Crippen LogP) is 4.01. The molecule has 1 aromatic carbocycles. The van der Waals surface area contributed by atoms with Crippen molar-refractivity contribution < 1.29 is 22.6 Å². The van der Waals surface area contributed by atoms with Crippen molar-refractivity contribution in [1.82, 2.24) is 10.6 Å². The van der Waals surface area contributed by atoms with E-state index in [4.69, 9.17) is 9.47 Å². The second-order valence-corrected chi connectivity index (χ2v) is 8.30. The van der Waals surface area contributed by atoms with Crippen LogP contribution in [0, 0.1) is 11.3 Å². The summed E-state index contributed by atoms with van der Waals surface area (Å²) in [6, 6.07) is 7.79. The third-order valence-corrected chi connectivity index (χ3v) is 6.57. The molecule has 3 atom stereocenters. The number of aliphatic imine (C=N–C) groups is 1. The average Bonchev–Trinajstić information content (AvgIpc) is 3.06. The molecular weight excluding hydrogens is 510 g/mol. The van der Waals surface area contributed by atoms with Gasteiger partial charge < -0.3 is 20.1 Å². The number of nitrogens with zero attached hydrogens (tertiary/aromatic N) is 1. The number of benzene rings is 1. The lowest BCUT2D eigenvalue weighted by molar-refractivity contribution is -0.176. The van der Waals surface area contributed by atoms with E-state index in [-0.39, 0.29) is 36.0 Å². The van der Waals surface area contributed by atoms with E-state index in [0.717, 1.165) is 24.6 Å². The molecule has 1 aliphatic heterocycles. The van der Waals surface area contributed by atoms with E-state index in [1.807, 2.05) is 12.1 Å². The fourth-order valence-corrected chi connectivity index (χ4v) is 5.02. The predicted molar refractivity (Wildman–Crippen MR) is 119 cm³/mol. The van der Waals surface area contributed by atoms with Gasteiger partial charge in [-0.05, 0) is 30.4 Å². The van der Waals surface area contributed by atoms with Crippen molar-refractivity contribution in [3.05, 3.63) is 35.4 Å². The van der Waals surface area contributed by atoms with E-state index in [9.17, 15) is 13.2 Å². The highest BCUT2D eigenvalue weighted by atomic mass is 127. The van der Waals surface area contributed by atoms with Crippen LogP contribution in [0.1, 0.15) is 36.8 Å². The fourth-order valence-electron chi connectivity index (χ4n) is 5.02. The van der Waals surface area contributed by atoms with Crippen LogP contribution in [0.3, 0.4) is 0 Å². The molecule has 0 bridgehead atoms. The zero-order chi connectivity index (χ0) is 20.5. The van der Waals surface area contributed by atoms with Crippen LogP contribution in [-0.2, 0) is 22.6 Å². The van der Waals surface area contributed by atoms with Crippen LogP contribution in [-0.4, -0.2) is 44.5 Å². The molecule has 1 aromatic rings. The van der Waals surface area contributed by atoms with E-state index in [0.29, 0.717) is 30.2 Å². The highest BCUT2D eigenvalue weighted by Gasteiger charge is 2.66. The minimum Gasteiger partial charge on any atom is -0.377 e. The normalized spacial score (nSPS) is 26.9. The third-order valence-electron chi connectivity index (χ3n) is 6.57. The third kappa shape index (κ3) is 4.88. The maximum Gasteiger partial charge on any atom is 0.411 e. The molecular formula is C21H29F3IN3O2. The lowest BCUT2D eigenvalue weighted by Crippen LogP contribution is -2.72. The molecule has 9 heteroatoms. The summed E-state index contributed by atoms with van der Waals surface area (Å²) >= 11 is 0. The zero-order valence-electron chi connectivity index (χ0n) is 17.0. The average molecular weight is 539 g/mol. The van der Waals surface area contributed by atoms with Crippen LogP contribution >= 0.6 is 24.0 Å². The van der Waals surface area contributed by atoms with Gasteiger partial charge in [-0.1, -0.05) is 30.7 Å². The SMILES string of the molecule is CN=C(NCc1ccc(COCC(F)(F)F)cc1)NC1C2CCOC2C12CCC2.I. The van der Waals surface area contributed by atoms with Gasteiger partial charge in [-0.25, -0.2) is 0 Å². The van der Waals surface area contributed by atoms with Crippen LogP contribution in [0.15, 0.2) is 29.3 Å². The van der Waals surface area contributed by atoms with Gasteiger partial charge in [-0.3, -0.25) is 4.99 Å². The molecule has 168 valence electrons. The van der Waals surface area contributed by atoms with Crippen molar-refractivity contribution in [3.63, 3.8) is 0 Å². The first kappa shape index (κ1) is 23.6. The molecule has 2 N–H and O–H groups in total. The lowest BCUT2D eigenvalue weighted by Gasteiger charge is -2.63. The van der Waals surface area contributed by atoms with Crippen molar-refractivity contribution in [1.29, 1.82) is 0 Å². The summed E-state index contributed by atoms with van der Waals surface area (Å²) < 4.78 is 47.1. The first-order chi connectivity index (χ1) is 13.9. The summed E-state index contributed by atoms with van der Waals surface area (Å²) in [5.74, 6) is 1.36. The van der Waals surface area contributed by atoms with Gasteiger partial charge in [0.25, 0.3) is 0 Å². The Morgan fingerprint density at radius 2 is 1.93 bits per heavy atom. The molecule has 5 nitrogen and oxygen atoms in total. The van der Waals surface area contributed by atoms with Gasteiger partial charge in [-0.2, -0.15) is 13.2 Å². The van der Waals surface area contributed by atoms with Gasteiger partial charge in [-0.15, -0.1) is 24.0 Å². The minimum atomic E-state index is -4.30. The second-order valence-electron chi connectivity index (χ2n) is 8.30. The molecule has 3 fully saturated rings. The van der Waals surface area contributed by atoms with Gasteiger partial charge in [0.15, 0.2) is 5.96 Å². The van der Waals surface area contributed by atoms with E-state index in [1.165, 1.54) is 19.3 Å². The molecule has 0 aromatic heterocycles. The minimum absolute atomic E-state index is 0. The highest BCUT2D eigenvalue weighted by molar-refractivity contribution is 14.0. The lowest BCUT2D eigenvalue weighted by atomic mass is 9.46. The summed E-state index contributed by atoms with van der Waals surface area (Å²) in [6.07, 6.45) is 0.949. The van der Waals surface area contributed by atoms with Crippen molar-refractivity contribution in [3.8, 4) is 0 Å². The molecule has 4 rings (SSSR count). The Morgan fingerprint density at radius 3 is 2.53 bits per heavy atom. The summed E-state index contributed by atoms with van der Waals surface area (Å²) in [6.45, 7) is 0.173. The number of nitrogens with one attached hydrogen (secondary N) is 2. The van der Waals surface area contributed by atoms with Gasteiger partial charge in [0, 0.05) is 37.6 Å². The number of fused-ring (bicyclic) bond motifs is 2. The molecule has 3 aliphatic rings. The van der Waals surface area contributed by atoms with Crippen LogP contribution in [0.25, 0.3) is 0 Å². The molecule has 2 saturated carbocycles. The Morgan fingerprint density at radius 1 is 1.23 bits per heavy atom. The Kier molecular flexibility index (Phi) is 7.55. The smallest absolute Gasteiger partial charge is 0.377 e. The maximum atomic E-state index is 12.1.